The van der Waals surface area contributed by atoms with E-state index in [9.17, 15) is 13.2 Å². The third kappa shape index (κ3) is 3.55. The smallest absolute Gasteiger partial charge is 0.179 e. The van der Waals surface area contributed by atoms with Crippen molar-refractivity contribution in [1.29, 1.82) is 0 Å². The highest BCUT2D eigenvalue weighted by Crippen LogP contribution is 2.10. The highest BCUT2D eigenvalue weighted by molar-refractivity contribution is 9.10. The molecule has 1 aromatic heterocycles. The lowest BCUT2D eigenvalue weighted by Crippen LogP contribution is -2.14. The number of sulfone groups is 1. The molecular weight excluding hydrogens is 270 g/mol. The van der Waals surface area contributed by atoms with Crippen LogP contribution in [0, 0.1) is 0 Å². The van der Waals surface area contributed by atoms with Gasteiger partial charge in [0, 0.05) is 28.7 Å². The second-order valence-electron chi connectivity index (χ2n) is 2.89. The molecule has 0 radical (unpaired) electrons. The summed E-state index contributed by atoms with van der Waals surface area (Å²) in [6.45, 7) is 0. The molecule has 76 valence electrons. The van der Waals surface area contributed by atoms with Crippen LogP contribution in [0.25, 0.3) is 0 Å². The predicted molar refractivity (Wildman–Crippen MR) is 56.0 cm³/mol. The summed E-state index contributed by atoms with van der Waals surface area (Å²) in [4.78, 5) is 15.1. The van der Waals surface area contributed by atoms with E-state index in [1.54, 1.807) is 6.07 Å². The highest BCUT2D eigenvalue weighted by atomic mass is 79.9. The van der Waals surface area contributed by atoms with Gasteiger partial charge < -0.3 is 0 Å². The number of Topliss-reactive ketones (excluding diaryl/α,β-unsaturated/α-hetero) is 1. The van der Waals surface area contributed by atoms with Crippen LogP contribution in [-0.4, -0.2) is 31.2 Å². The van der Waals surface area contributed by atoms with Crippen LogP contribution in [0.4, 0.5) is 0 Å². The van der Waals surface area contributed by atoms with Gasteiger partial charge in [-0.2, -0.15) is 0 Å². The Morgan fingerprint density at radius 1 is 1.50 bits per heavy atom. The number of halogens is 1. The first kappa shape index (κ1) is 11.3. The molecule has 14 heavy (non-hydrogen) atoms. The number of aromatic nitrogens is 1. The van der Waals surface area contributed by atoms with E-state index in [0.29, 0.717) is 10.0 Å². The molecule has 0 amide bonds. The van der Waals surface area contributed by atoms with Gasteiger partial charge in [0.1, 0.15) is 5.75 Å². The van der Waals surface area contributed by atoms with E-state index in [2.05, 4.69) is 20.9 Å². The molecule has 0 bridgehead atoms. The van der Waals surface area contributed by atoms with E-state index < -0.39 is 21.4 Å². The quantitative estimate of drug-likeness (QED) is 0.776. The molecule has 0 saturated carbocycles. The number of carbonyl (C=O) groups is 1. The number of hydrogen-bond acceptors (Lipinski definition) is 4. The van der Waals surface area contributed by atoms with E-state index in [1.165, 1.54) is 12.4 Å². The molecule has 0 aliphatic carbocycles. The zero-order valence-electron chi connectivity index (χ0n) is 7.40. The van der Waals surface area contributed by atoms with Gasteiger partial charge in [-0.25, -0.2) is 8.42 Å². The monoisotopic (exact) mass is 277 g/mol. The molecule has 1 aromatic rings. The predicted octanol–water partition coefficient (Wildman–Crippen LogP) is 1.07. The third-order valence-corrected chi connectivity index (χ3v) is 2.64. The van der Waals surface area contributed by atoms with Crippen LogP contribution >= 0.6 is 15.9 Å². The van der Waals surface area contributed by atoms with Crippen LogP contribution in [0.1, 0.15) is 10.4 Å². The minimum absolute atomic E-state index is 0.296. The van der Waals surface area contributed by atoms with Gasteiger partial charge in [-0.15, -0.1) is 0 Å². The molecule has 0 saturated heterocycles. The number of hydrogen-bond donors (Lipinski definition) is 0. The standard InChI is InChI=1S/C8H8BrNO3S/c1-14(12,13)5-8(11)6-2-7(9)4-10-3-6/h2-4H,5H2,1H3. The Labute approximate surface area is 90.4 Å². The Bertz CT molecular complexity index is 455. The number of nitrogens with zero attached hydrogens (tertiary/aromatic N) is 1. The summed E-state index contributed by atoms with van der Waals surface area (Å²) < 4.78 is 22.3. The largest absolute Gasteiger partial charge is 0.293 e. The molecule has 0 unspecified atom stereocenters. The van der Waals surface area contributed by atoms with Gasteiger partial charge >= 0.3 is 0 Å². The van der Waals surface area contributed by atoms with Crippen molar-refractivity contribution in [1.82, 2.24) is 4.98 Å². The molecule has 0 aliphatic rings. The minimum atomic E-state index is -3.28. The van der Waals surface area contributed by atoms with Gasteiger partial charge in [0.25, 0.3) is 0 Å². The van der Waals surface area contributed by atoms with Gasteiger partial charge in [-0.05, 0) is 22.0 Å². The second-order valence-corrected chi connectivity index (χ2v) is 5.94. The summed E-state index contributed by atoms with van der Waals surface area (Å²) in [5.41, 5.74) is 0.296. The van der Waals surface area contributed by atoms with Gasteiger partial charge in [0.2, 0.25) is 0 Å². The van der Waals surface area contributed by atoms with Gasteiger partial charge in [0.05, 0.1) is 0 Å². The van der Waals surface area contributed by atoms with Crippen molar-refractivity contribution < 1.29 is 13.2 Å². The fourth-order valence-corrected chi connectivity index (χ4v) is 1.89. The maximum Gasteiger partial charge on any atom is 0.179 e. The average Bonchev–Trinajstić information content (AvgIpc) is 2.01. The van der Waals surface area contributed by atoms with Gasteiger partial charge in [-0.3, -0.25) is 9.78 Å². The topological polar surface area (TPSA) is 64.1 Å². The Morgan fingerprint density at radius 3 is 2.64 bits per heavy atom. The lowest BCUT2D eigenvalue weighted by molar-refractivity contribution is 0.102. The first-order chi connectivity index (χ1) is 6.38. The Hall–Kier alpha value is -0.750. The van der Waals surface area contributed by atoms with Crippen molar-refractivity contribution in [2.45, 2.75) is 0 Å². The fraction of sp³-hybridized carbons (Fsp3) is 0.250. The first-order valence-corrected chi connectivity index (χ1v) is 6.55. The Balaban J connectivity index is 2.91. The lowest BCUT2D eigenvalue weighted by atomic mass is 10.2. The molecule has 0 aliphatic heterocycles. The van der Waals surface area contributed by atoms with Gasteiger partial charge in [0.15, 0.2) is 15.6 Å². The van der Waals surface area contributed by atoms with Crippen molar-refractivity contribution in [2.75, 3.05) is 12.0 Å². The zero-order chi connectivity index (χ0) is 10.8. The summed E-state index contributed by atoms with van der Waals surface area (Å²) >= 11 is 3.15. The van der Waals surface area contributed by atoms with Crippen LogP contribution in [-0.2, 0) is 9.84 Å². The fourth-order valence-electron chi connectivity index (χ4n) is 0.886. The van der Waals surface area contributed by atoms with Crippen LogP contribution in [0.2, 0.25) is 0 Å². The summed E-state index contributed by atoms with van der Waals surface area (Å²) in [5, 5.41) is 0. The third-order valence-electron chi connectivity index (χ3n) is 1.42. The summed E-state index contributed by atoms with van der Waals surface area (Å²) in [5.74, 6) is -0.924. The summed E-state index contributed by atoms with van der Waals surface area (Å²) in [6.07, 6.45) is 3.89. The Morgan fingerprint density at radius 2 is 2.14 bits per heavy atom. The second kappa shape index (κ2) is 4.18. The minimum Gasteiger partial charge on any atom is -0.293 e. The molecule has 0 fully saturated rings. The van der Waals surface area contributed by atoms with E-state index >= 15 is 0 Å². The lowest BCUT2D eigenvalue weighted by Gasteiger charge is -1.98. The van der Waals surface area contributed by atoms with E-state index in [0.717, 1.165) is 6.26 Å². The van der Waals surface area contributed by atoms with Crippen molar-refractivity contribution in [3.05, 3.63) is 28.5 Å². The summed E-state index contributed by atoms with van der Waals surface area (Å²) in [6, 6.07) is 1.54. The van der Waals surface area contributed by atoms with E-state index in [1.807, 2.05) is 0 Å². The van der Waals surface area contributed by atoms with Crippen LogP contribution in [0.3, 0.4) is 0 Å². The first-order valence-electron chi connectivity index (χ1n) is 3.70. The number of ketones is 1. The molecule has 0 spiro atoms. The normalized spacial score (nSPS) is 11.3. The molecule has 0 N–H and O–H groups in total. The SMILES string of the molecule is CS(=O)(=O)CC(=O)c1cncc(Br)c1. The number of pyridine rings is 1. The molecule has 0 atom stereocenters. The number of carbonyl (C=O) groups excluding carboxylic acids is 1. The Kier molecular flexibility index (Phi) is 3.38. The van der Waals surface area contributed by atoms with E-state index in [-0.39, 0.29) is 0 Å². The maximum atomic E-state index is 11.4. The van der Waals surface area contributed by atoms with Gasteiger partial charge in [-0.1, -0.05) is 0 Å². The van der Waals surface area contributed by atoms with Crippen molar-refractivity contribution in [3.63, 3.8) is 0 Å². The maximum absolute atomic E-state index is 11.4. The van der Waals surface area contributed by atoms with Crippen LogP contribution in [0.5, 0.6) is 0 Å². The molecule has 1 heterocycles. The van der Waals surface area contributed by atoms with Crippen molar-refractivity contribution >= 4 is 31.6 Å². The van der Waals surface area contributed by atoms with E-state index in [4.69, 9.17) is 0 Å². The van der Waals surface area contributed by atoms with Crippen LogP contribution in [0.15, 0.2) is 22.9 Å². The summed E-state index contributed by atoms with van der Waals surface area (Å²) in [7, 11) is -3.28. The molecule has 1 rings (SSSR count). The molecule has 0 aromatic carbocycles. The van der Waals surface area contributed by atoms with Crippen molar-refractivity contribution in [3.8, 4) is 0 Å². The average molecular weight is 278 g/mol. The molecular formula is C8H8BrNO3S. The van der Waals surface area contributed by atoms with Crippen LogP contribution < -0.4 is 0 Å². The molecule has 4 nitrogen and oxygen atoms in total. The number of rotatable bonds is 3. The highest BCUT2D eigenvalue weighted by Gasteiger charge is 2.13. The molecule has 6 heteroatoms. The zero-order valence-corrected chi connectivity index (χ0v) is 9.80. The van der Waals surface area contributed by atoms with Crippen molar-refractivity contribution in [2.24, 2.45) is 0 Å².